The molecule has 2 rings (SSSR count). The Morgan fingerprint density at radius 1 is 1.09 bits per heavy atom. The summed E-state index contributed by atoms with van der Waals surface area (Å²) in [5.74, 6) is 0. The number of hydrogen-bond donors (Lipinski definition) is 3. The predicted molar refractivity (Wildman–Crippen MR) is 95.3 cm³/mol. The van der Waals surface area contributed by atoms with E-state index < -0.39 is 6.29 Å². The van der Waals surface area contributed by atoms with Gasteiger partial charge >= 0.3 is 0 Å². The molecule has 0 spiro atoms. The zero-order valence-corrected chi connectivity index (χ0v) is 15.1. The lowest BCUT2D eigenvalue weighted by Crippen LogP contribution is -2.41. The average molecular weight is 319 g/mol. The molecule has 1 aliphatic rings. The molecule has 0 aromatic heterocycles. The molecule has 2 atom stereocenters. The monoisotopic (exact) mass is 319 g/mol. The van der Waals surface area contributed by atoms with Crippen LogP contribution >= 0.6 is 0 Å². The first kappa shape index (κ1) is 18.4. The van der Waals surface area contributed by atoms with Crippen LogP contribution in [0.4, 0.5) is 0 Å². The molecule has 1 unspecified atom stereocenters. The van der Waals surface area contributed by atoms with E-state index in [-0.39, 0.29) is 17.5 Å². The standard InChI is InChI=1S/C20H33NO2/c1-14(21-18(19(22)23)11-12-20(2,3)4)16-10-9-15-7-5-6-8-17(15)13-16/h9-10,13-14,18-19,21-23H,5-8,11-12H2,1-4H3/t14-,18?/m0/s1. The maximum Gasteiger partial charge on any atom is 0.167 e. The van der Waals surface area contributed by atoms with Gasteiger partial charge in [0.25, 0.3) is 0 Å². The molecule has 0 fully saturated rings. The van der Waals surface area contributed by atoms with Crippen molar-refractivity contribution in [2.45, 2.75) is 84.6 Å². The Morgan fingerprint density at radius 2 is 1.74 bits per heavy atom. The lowest BCUT2D eigenvalue weighted by molar-refractivity contribution is -0.0725. The van der Waals surface area contributed by atoms with Crippen molar-refractivity contribution < 1.29 is 10.2 Å². The molecule has 1 aliphatic carbocycles. The van der Waals surface area contributed by atoms with E-state index in [2.05, 4.69) is 51.2 Å². The summed E-state index contributed by atoms with van der Waals surface area (Å²) < 4.78 is 0. The summed E-state index contributed by atoms with van der Waals surface area (Å²) in [6.45, 7) is 8.65. The SMILES string of the molecule is C[C@H](NC(CCC(C)(C)C)C(O)O)c1ccc2c(c1)CCCC2. The maximum absolute atomic E-state index is 9.69. The van der Waals surface area contributed by atoms with Crippen LogP contribution in [0.5, 0.6) is 0 Å². The van der Waals surface area contributed by atoms with Crippen molar-refractivity contribution in [1.82, 2.24) is 5.32 Å². The minimum atomic E-state index is -1.32. The highest BCUT2D eigenvalue weighted by molar-refractivity contribution is 5.35. The van der Waals surface area contributed by atoms with E-state index in [0.29, 0.717) is 0 Å². The van der Waals surface area contributed by atoms with Crippen molar-refractivity contribution in [3.63, 3.8) is 0 Å². The van der Waals surface area contributed by atoms with E-state index in [1.54, 1.807) is 0 Å². The molecule has 130 valence electrons. The Balaban J connectivity index is 2.02. The van der Waals surface area contributed by atoms with E-state index in [9.17, 15) is 10.2 Å². The zero-order valence-electron chi connectivity index (χ0n) is 15.1. The van der Waals surface area contributed by atoms with Crippen LogP contribution in [0.2, 0.25) is 0 Å². The number of aryl methyl sites for hydroxylation is 2. The van der Waals surface area contributed by atoms with Gasteiger partial charge in [0.15, 0.2) is 6.29 Å². The first-order valence-corrected chi connectivity index (χ1v) is 9.00. The molecule has 23 heavy (non-hydrogen) atoms. The van der Waals surface area contributed by atoms with E-state index in [1.807, 2.05) is 0 Å². The molecule has 0 saturated heterocycles. The molecule has 0 aliphatic heterocycles. The predicted octanol–water partition coefficient (Wildman–Crippen LogP) is 3.72. The summed E-state index contributed by atoms with van der Waals surface area (Å²) in [6.07, 6.45) is 5.34. The normalized spacial score (nSPS) is 17.9. The van der Waals surface area contributed by atoms with Gasteiger partial charge in [-0.1, -0.05) is 39.0 Å². The van der Waals surface area contributed by atoms with Crippen molar-refractivity contribution in [3.05, 3.63) is 34.9 Å². The summed E-state index contributed by atoms with van der Waals surface area (Å²) in [5, 5.41) is 22.8. The second-order valence-corrected chi connectivity index (χ2v) is 8.24. The van der Waals surface area contributed by atoms with Crippen LogP contribution in [0.25, 0.3) is 0 Å². The van der Waals surface area contributed by atoms with E-state index in [1.165, 1.54) is 42.4 Å². The molecular formula is C20H33NO2. The van der Waals surface area contributed by atoms with Gasteiger partial charge in [-0.15, -0.1) is 0 Å². The summed E-state index contributed by atoms with van der Waals surface area (Å²) in [7, 11) is 0. The largest absolute Gasteiger partial charge is 0.367 e. The third-order valence-corrected chi connectivity index (χ3v) is 4.90. The molecule has 1 aromatic carbocycles. The minimum Gasteiger partial charge on any atom is -0.367 e. The molecule has 0 amide bonds. The summed E-state index contributed by atoms with van der Waals surface area (Å²) in [5.41, 5.74) is 4.40. The zero-order chi connectivity index (χ0) is 17.0. The van der Waals surface area contributed by atoms with Gasteiger partial charge < -0.3 is 15.5 Å². The van der Waals surface area contributed by atoms with Gasteiger partial charge in [-0.25, -0.2) is 0 Å². The van der Waals surface area contributed by atoms with Gasteiger partial charge in [-0.05, 0) is 67.6 Å². The quantitative estimate of drug-likeness (QED) is 0.700. The van der Waals surface area contributed by atoms with Crippen LogP contribution < -0.4 is 5.32 Å². The number of fused-ring (bicyclic) bond motifs is 1. The van der Waals surface area contributed by atoms with E-state index >= 15 is 0 Å². The van der Waals surface area contributed by atoms with Crippen molar-refractivity contribution >= 4 is 0 Å². The van der Waals surface area contributed by atoms with E-state index in [4.69, 9.17) is 0 Å². The fourth-order valence-corrected chi connectivity index (χ4v) is 3.35. The molecule has 0 saturated carbocycles. The first-order chi connectivity index (χ1) is 10.8. The Bertz CT molecular complexity index is 505. The fourth-order valence-electron chi connectivity index (χ4n) is 3.35. The van der Waals surface area contributed by atoms with Gasteiger partial charge in [0.05, 0.1) is 6.04 Å². The average Bonchev–Trinajstić information content (AvgIpc) is 2.49. The molecule has 3 nitrogen and oxygen atoms in total. The maximum atomic E-state index is 9.69. The number of aliphatic hydroxyl groups excluding tert-OH is 1. The van der Waals surface area contributed by atoms with Crippen molar-refractivity contribution in [1.29, 1.82) is 0 Å². The Kier molecular flexibility index (Phi) is 6.24. The van der Waals surface area contributed by atoms with Gasteiger partial charge in [-0.2, -0.15) is 0 Å². The lowest BCUT2D eigenvalue weighted by Gasteiger charge is -2.28. The van der Waals surface area contributed by atoms with Crippen molar-refractivity contribution in [2.24, 2.45) is 5.41 Å². The Morgan fingerprint density at radius 3 is 2.35 bits per heavy atom. The summed E-state index contributed by atoms with van der Waals surface area (Å²) >= 11 is 0. The highest BCUT2D eigenvalue weighted by Crippen LogP contribution is 2.26. The van der Waals surface area contributed by atoms with Crippen LogP contribution in [0.3, 0.4) is 0 Å². The summed E-state index contributed by atoms with van der Waals surface area (Å²) in [6, 6.07) is 6.57. The fraction of sp³-hybridized carbons (Fsp3) is 0.700. The van der Waals surface area contributed by atoms with E-state index in [0.717, 1.165) is 12.8 Å². The van der Waals surface area contributed by atoms with Gasteiger partial charge in [0, 0.05) is 6.04 Å². The van der Waals surface area contributed by atoms with Crippen LogP contribution in [0.15, 0.2) is 18.2 Å². The van der Waals surface area contributed by atoms with Gasteiger partial charge in [0.1, 0.15) is 0 Å². The number of aliphatic hydroxyl groups is 2. The Hall–Kier alpha value is -0.900. The second kappa shape index (κ2) is 7.78. The van der Waals surface area contributed by atoms with Crippen molar-refractivity contribution in [3.8, 4) is 0 Å². The smallest absolute Gasteiger partial charge is 0.167 e. The van der Waals surface area contributed by atoms with Gasteiger partial charge in [-0.3, -0.25) is 0 Å². The molecule has 3 heteroatoms. The third kappa shape index (κ3) is 5.59. The highest BCUT2D eigenvalue weighted by Gasteiger charge is 2.22. The van der Waals surface area contributed by atoms with Crippen LogP contribution in [0.1, 0.15) is 76.1 Å². The molecular weight excluding hydrogens is 286 g/mol. The molecule has 0 radical (unpaired) electrons. The first-order valence-electron chi connectivity index (χ1n) is 9.00. The van der Waals surface area contributed by atoms with Gasteiger partial charge in [0.2, 0.25) is 0 Å². The number of nitrogens with one attached hydrogen (secondary N) is 1. The minimum absolute atomic E-state index is 0.119. The van der Waals surface area contributed by atoms with Crippen molar-refractivity contribution in [2.75, 3.05) is 0 Å². The lowest BCUT2D eigenvalue weighted by atomic mass is 9.87. The topological polar surface area (TPSA) is 52.5 Å². The molecule has 1 aromatic rings. The second-order valence-electron chi connectivity index (χ2n) is 8.24. The number of rotatable bonds is 6. The number of hydrogen-bond acceptors (Lipinski definition) is 3. The van der Waals surface area contributed by atoms with Crippen LogP contribution in [0, 0.1) is 5.41 Å². The highest BCUT2D eigenvalue weighted by atomic mass is 16.5. The van der Waals surface area contributed by atoms with Crippen LogP contribution in [-0.2, 0) is 12.8 Å². The molecule has 3 N–H and O–H groups in total. The van der Waals surface area contributed by atoms with Crippen LogP contribution in [-0.4, -0.2) is 22.5 Å². The molecule has 0 bridgehead atoms. The summed E-state index contributed by atoms with van der Waals surface area (Å²) in [4.78, 5) is 0. The third-order valence-electron chi connectivity index (χ3n) is 4.90. The Labute approximate surface area is 141 Å². The number of benzene rings is 1. The molecule has 0 heterocycles.